The second kappa shape index (κ2) is 8.15. The minimum atomic E-state index is -0.630. The molecule has 2 aromatic carbocycles. The zero-order chi connectivity index (χ0) is 17.5. The summed E-state index contributed by atoms with van der Waals surface area (Å²) in [6, 6.07) is 16.2. The van der Waals surface area contributed by atoms with Gasteiger partial charge in [-0.1, -0.05) is 37.3 Å². The molecule has 0 radical (unpaired) electrons. The van der Waals surface area contributed by atoms with Crippen LogP contribution in [0.15, 0.2) is 54.6 Å². The second-order valence-electron chi connectivity index (χ2n) is 5.56. The van der Waals surface area contributed by atoms with Crippen molar-refractivity contribution in [2.24, 2.45) is 0 Å². The number of para-hydroxylation sites is 2. The van der Waals surface area contributed by atoms with Gasteiger partial charge >= 0.3 is 0 Å². The average Bonchev–Trinajstić information content (AvgIpc) is 2.60. The number of nitrogens with zero attached hydrogens (tertiary/aromatic N) is 1. The van der Waals surface area contributed by atoms with Crippen LogP contribution in [0.1, 0.15) is 23.7 Å². The maximum atomic E-state index is 12.5. The Labute approximate surface area is 142 Å². The van der Waals surface area contributed by atoms with Gasteiger partial charge in [-0.3, -0.25) is 9.59 Å². The molecule has 0 fully saturated rings. The van der Waals surface area contributed by atoms with E-state index in [1.807, 2.05) is 25.1 Å². The van der Waals surface area contributed by atoms with Crippen molar-refractivity contribution in [1.82, 2.24) is 4.90 Å². The molecule has 1 atom stereocenters. The Bertz CT molecular complexity index is 699. The molecule has 0 saturated carbocycles. The average molecular weight is 326 g/mol. The van der Waals surface area contributed by atoms with E-state index in [9.17, 15) is 9.59 Å². The van der Waals surface area contributed by atoms with E-state index < -0.39 is 6.10 Å². The zero-order valence-corrected chi connectivity index (χ0v) is 14.2. The third kappa shape index (κ3) is 4.35. The summed E-state index contributed by atoms with van der Waals surface area (Å²) in [5, 5.41) is 2.81. The van der Waals surface area contributed by atoms with E-state index in [2.05, 4.69) is 5.32 Å². The third-order valence-electron chi connectivity index (χ3n) is 3.51. The Morgan fingerprint density at radius 3 is 2.29 bits per heavy atom. The van der Waals surface area contributed by atoms with E-state index in [1.54, 1.807) is 50.5 Å². The first-order chi connectivity index (χ1) is 11.5. The van der Waals surface area contributed by atoms with Gasteiger partial charge in [0, 0.05) is 14.1 Å². The lowest BCUT2D eigenvalue weighted by Crippen LogP contribution is -2.33. The lowest BCUT2D eigenvalue weighted by Gasteiger charge is -2.19. The summed E-state index contributed by atoms with van der Waals surface area (Å²) >= 11 is 0. The summed E-state index contributed by atoms with van der Waals surface area (Å²) in [5.41, 5.74) is 0.932. The number of hydrogen-bond donors (Lipinski definition) is 1. The monoisotopic (exact) mass is 326 g/mol. The van der Waals surface area contributed by atoms with Crippen molar-refractivity contribution in [2.75, 3.05) is 19.4 Å². The lowest BCUT2D eigenvalue weighted by atomic mass is 10.1. The van der Waals surface area contributed by atoms with Crippen LogP contribution in [0.5, 0.6) is 5.75 Å². The van der Waals surface area contributed by atoms with Gasteiger partial charge in [0.15, 0.2) is 6.10 Å². The number of benzene rings is 2. The van der Waals surface area contributed by atoms with Gasteiger partial charge in [0.1, 0.15) is 5.75 Å². The molecule has 5 nitrogen and oxygen atoms in total. The number of carbonyl (C=O) groups is 2. The molecule has 2 aromatic rings. The molecule has 2 rings (SSSR count). The summed E-state index contributed by atoms with van der Waals surface area (Å²) in [5.74, 6) is 0.195. The van der Waals surface area contributed by atoms with Gasteiger partial charge < -0.3 is 15.0 Å². The highest BCUT2D eigenvalue weighted by Gasteiger charge is 2.21. The minimum Gasteiger partial charge on any atom is -0.481 e. The Morgan fingerprint density at radius 1 is 1.04 bits per heavy atom. The SMILES string of the molecule is CCC(Oc1ccccc1)C(=O)Nc1ccccc1C(=O)N(C)C. The zero-order valence-electron chi connectivity index (χ0n) is 14.2. The molecule has 0 bridgehead atoms. The fraction of sp³-hybridized carbons (Fsp3) is 0.263. The number of amides is 2. The summed E-state index contributed by atoms with van der Waals surface area (Å²) in [4.78, 5) is 26.2. The fourth-order valence-corrected chi connectivity index (χ4v) is 2.22. The molecule has 1 N–H and O–H groups in total. The van der Waals surface area contributed by atoms with Gasteiger partial charge in [0.25, 0.3) is 11.8 Å². The largest absolute Gasteiger partial charge is 0.481 e. The van der Waals surface area contributed by atoms with Gasteiger partial charge in [-0.05, 0) is 30.7 Å². The van der Waals surface area contributed by atoms with Crippen molar-refractivity contribution in [3.63, 3.8) is 0 Å². The molecule has 0 aliphatic rings. The first kappa shape index (κ1) is 17.5. The molecular weight excluding hydrogens is 304 g/mol. The molecular formula is C19H22N2O3. The predicted molar refractivity (Wildman–Crippen MR) is 94.2 cm³/mol. The Balaban J connectivity index is 2.15. The van der Waals surface area contributed by atoms with Crippen LogP contribution in [0.4, 0.5) is 5.69 Å². The minimum absolute atomic E-state index is 0.164. The molecule has 2 amide bonds. The van der Waals surface area contributed by atoms with Crippen LogP contribution < -0.4 is 10.1 Å². The molecule has 24 heavy (non-hydrogen) atoms. The van der Waals surface area contributed by atoms with Crippen LogP contribution >= 0.6 is 0 Å². The molecule has 0 heterocycles. The van der Waals surface area contributed by atoms with Gasteiger partial charge in [0.05, 0.1) is 11.3 Å². The Morgan fingerprint density at radius 2 is 1.67 bits per heavy atom. The van der Waals surface area contributed by atoms with Crippen molar-refractivity contribution in [2.45, 2.75) is 19.4 Å². The Kier molecular flexibility index (Phi) is 5.95. The van der Waals surface area contributed by atoms with Crippen molar-refractivity contribution < 1.29 is 14.3 Å². The number of nitrogens with one attached hydrogen (secondary N) is 1. The highest BCUT2D eigenvalue weighted by atomic mass is 16.5. The van der Waals surface area contributed by atoms with Crippen LogP contribution in [0.2, 0.25) is 0 Å². The highest BCUT2D eigenvalue weighted by molar-refractivity contribution is 6.04. The van der Waals surface area contributed by atoms with Crippen LogP contribution in [0.25, 0.3) is 0 Å². The first-order valence-electron chi connectivity index (χ1n) is 7.86. The van der Waals surface area contributed by atoms with E-state index in [4.69, 9.17) is 4.74 Å². The van der Waals surface area contributed by atoms with E-state index in [1.165, 1.54) is 4.90 Å². The fourth-order valence-electron chi connectivity index (χ4n) is 2.22. The van der Waals surface area contributed by atoms with Crippen LogP contribution in [-0.2, 0) is 4.79 Å². The van der Waals surface area contributed by atoms with E-state index in [0.29, 0.717) is 23.4 Å². The first-order valence-corrected chi connectivity index (χ1v) is 7.86. The van der Waals surface area contributed by atoms with E-state index in [0.717, 1.165) is 0 Å². The van der Waals surface area contributed by atoms with Crippen LogP contribution in [-0.4, -0.2) is 36.9 Å². The summed E-state index contributed by atoms with van der Waals surface area (Å²) in [6.45, 7) is 1.88. The number of ether oxygens (including phenoxy) is 1. The van der Waals surface area contributed by atoms with Gasteiger partial charge in [-0.25, -0.2) is 0 Å². The molecule has 0 aromatic heterocycles. The summed E-state index contributed by atoms with van der Waals surface area (Å²) < 4.78 is 5.74. The molecule has 0 aliphatic carbocycles. The number of rotatable bonds is 6. The van der Waals surface area contributed by atoms with Gasteiger partial charge in [-0.15, -0.1) is 0 Å². The van der Waals surface area contributed by atoms with Gasteiger partial charge in [-0.2, -0.15) is 0 Å². The maximum Gasteiger partial charge on any atom is 0.265 e. The van der Waals surface area contributed by atoms with Crippen molar-refractivity contribution >= 4 is 17.5 Å². The topological polar surface area (TPSA) is 58.6 Å². The lowest BCUT2D eigenvalue weighted by molar-refractivity contribution is -0.122. The normalized spacial score (nSPS) is 11.5. The predicted octanol–water partition coefficient (Wildman–Crippen LogP) is 3.18. The number of hydrogen-bond acceptors (Lipinski definition) is 3. The van der Waals surface area contributed by atoms with E-state index in [-0.39, 0.29) is 11.8 Å². The quantitative estimate of drug-likeness (QED) is 0.887. The number of anilines is 1. The second-order valence-corrected chi connectivity index (χ2v) is 5.56. The van der Waals surface area contributed by atoms with Gasteiger partial charge in [0.2, 0.25) is 0 Å². The smallest absolute Gasteiger partial charge is 0.265 e. The van der Waals surface area contributed by atoms with Crippen LogP contribution in [0, 0.1) is 0 Å². The molecule has 0 spiro atoms. The molecule has 5 heteroatoms. The molecule has 1 unspecified atom stereocenters. The molecule has 0 saturated heterocycles. The van der Waals surface area contributed by atoms with Crippen molar-refractivity contribution in [3.8, 4) is 5.75 Å². The summed E-state index contributed by atoms with van der Waals surface area (Å²) in [7, 11) is 3.35. The maximum absolute atomic E-state index is 12.5. The molecule has 0 aliphatic heterocycles. The third-order valence-corrected chi connectivity index (χ3v) is 3.51. The van der Waals surface area contributed by atoms with Crippen molar-refractivity contribution in [1.29, 1.82) is 0 Å². The van der Waals surface area contributed by atoms with Crippen LogP contribution in [0.3, 0.4) is 0 Å². The van der Waals surface area contributed by atoms with E-state index >= 15 is 0 Å². The summed E-state index contributed by atoms with van der Waals surface area (Å²) in [6.07, 6.45) is -0.111. The highest BCUT2D eigenvalue weighted by Crippen LogP contribution is 2.19. The standard InChI is InChI=1S/C19H22N2O3/c1-4-17(24-14-10-6-5-7-11-14)18(22)20-16-13-9-8-12-15(16)19(23)21(2)3/h5-13,17H,4H2,1-3H3,(H,20,22). The molecule has 126 valence electrons. The Hall–Kier alpha value is -2.82. The van der Waals surface area contributed by atoms with Crippen molar-refractivity contribution in [3.05, 3.63) is 60.2 Å². The number of carbonyl (C=O) groups excluding carboxylic acids is 2.